The zero-order valence-corrected chi connectivity index (χ0v) is 18.0. The number of alkyl halides is 1. The molecule has 0 aliphatic heterocycles. The van der Waals surface area contributed by atoms with Gasteiger partial charge >= 0.3 is 0 Å². The maximum absolute atomic E-state index is 6.13. The molecule has 0 saturated heterocycles. The molecule has 2 aliphatic rings. The van der Waals surface area contributed by atoms with Crippen molar-refractivity contribution in [1.29, 1.82) is 0 Å². The van der Waals surface area contributed by atoms with Crippen LogP contribution < -0.4 is 10.6 Å². The lowest BCUT2D eigenvalue weighted by molar-refractivity contribution is 0.544. The van der Waals surface area contributed by atoms with Crippen molar-refractivity contribution in [2.24, 2.45) is 5.92 Å². The fourth-order valence-corrected chi connectivity index (χ4v) is 5.63. The second-order valence-corrected chi connectivity index (χ2v) is 9.19. The molecule has 2 atom stereocenters. The van der Waals surface area contributed by atoms with E-state index in [1.165, 1.54) is 12.7 Å². The first-order valence-corrected chi connectivity index (χ1v) is 10.4. The van der Waals surface area contributed by atoms with Gasteiger partial charge in [0.15, 0.2) is 0 Å². The van der Waals surface area contributed by atoms with Crippen LogP contribution in [0.25, 0.3) is 0 Å². The van der Waals surface area contributed by atoms with E-state index in [0.29, 0.717) is 5.92 Å². The van der Waals surface area contributed by atoms with Crippen LogP contribution in [0.5, 0.6) is 0 Å². The first-order chi connectivity index (χ1) is 10.5. The molecule has 0 aromatic carbocycles. The maximum Gasteiger partial charge on any atom is 0.0570 e. The van der Waals surface area contributed by atoms with Gasteiger partial charge in [0.05, 0.1) is 5.38 Å². The van der Waals surface area contributed by atoms with E-state index in [1.807, 2.05) is 12.2 Å². The SMILES string of the molecule is ClC1=CC(Cl)CC(CNCCNCC2C=C(I)C=C(I)C2)=C1. The van der Waals surface area contributed by atoms with E-state index in [4.69, 9.17) is 23.2 Å². The van der Waals surface area contributed by atoms with Crippen molar-refractivity contribution in [2.75, 3.05) is 26.2 Å². The van der Waals surface area contributed by atoms with Crippen LogP contribution in [0.4, 0.5) is 0 Å². The first-order valence-electron chi connectivity index (χ1n) is 7.38. The van der Waals surface area contributed by atoms with Crippen LogP contribution in [0.3, 0.4) is 0 Å². The smallest absolute Gasteiger partial charge is 0.0570 e. The standard InChI is InChI=1S/C16H20Cl2I2N2/c17-13-3-11(4-14(18)7-13)9-21-1-2-22-10-12-5-15(19)8-16(20)6-12/h3,5,7-8,12,14,21-22H,1-2,4,6,9-10H2. The average Bonchev–Trinajstić information content (AvgIpc) is 2.40. The summed E-state index contributed by atoms with van der Waals surface area (Å²) in [5.41, 5.74) is 1.27. The number of rotatable bonds is 7. The summed E-state index contributed by atoms with van der Waals surface area (Å²) in [6, 6.07) is 0. The van der Waals surface area contributed by atoms with Gasteiger partial charge in [0, 0.05) is 34.8 Å². The van der Waals surface area contributed by atoms with Crippen LogP contribution in [0.1, 0.15) is 12.8 Å². The van der Waals surface area contributed by atoms with E-state index in [2.05, 4.69) is 68.0 Å². The van der Waals surface area contributed by atoms with Crippen molar-refractivity contribution in [1.82, 2.24) is 10.6 Å². The van der Waals surface area contributed by atoms with Gasteiger partial charge in [-0.2, -0.15) is 0 Å². The van der Waals surface area contributed by atoms with Gasteiger partial charge in [-0.1, -0.05) is 23.3 Å². The summed E-state index contributed by atoms with van der Waals surface area (Å²) in [7, 11) is 0. The number of hydrogen-bond acceptors (Lipinski definition) is 2. The second-order valence-electron chi connectivity index (χ2n) is 5.56. The third kappa shape index (κ3) is 7.21. The zero-order chi connectivity index (χ0) is 15.9. The molecule has 0 saturated carbocycles. The van der Waals surface area contributed by atoms with Crippen LogP contribution in [-0.2, 0) is 0 Å². The average molecular weight is 565 g/mol. The first kappa shape index (κ1) is 19.2. The molecular formula is C16H20Cl2I2N2. The van der Waals surface area contributed by atoms with E-state index in [-0.39, 0.29) is 5.38 Å². The summed E-state index contributed by atoms with van der Waals surface area (Å²) in [5.74, 6) is 0.616. The van der Waals surface area contributed by atoms with Crippen molar-refractivity contribution >= 4 is 68.4 Å². The molecule has 6 heteroatoms. The Morgan fingerprint density at radius 3 is 2.59 bits per heavy atom. The summed E-state index contributed by atoms with van der Waals surface area (Å²) in [5, 5.41) is 7.76. The highest BCUT2D eigenvalue weighted by Crippen LogP contribution is 2.29. The monoisotopic (exact) mass is 564 g/mol. The van der Waals surface area contributed by atoms with Gasteiger partial charge in [-0.05, 0) is 85.7 Å². The molecule has 0 aromatic rings. The molecule has 2 rings (SSSR count). The molecule has 0 bridgehead atoms. The lowest BCUT2D eigenvalue weighted by Crippen LogP contribution is -2.32. The Bertz CT molecular complexity index is 512. The van der Waals surface area contributed by atoms with Crippen molar-refractivity contribution in [3.63, 3.8) is 0 Å². The Morgan fingerprint density at radius 1 is 1.09 bits per heavy atom. The van der Waals surface area contributed by atoms with E-state index in [1.54, 1.807) is 0 Å². The zero-order valence-electron chi connectivity index (χ0n) is 12.2. The van der Waals surface area contributed by atoms with Crippen LogP contribution in [0.2, 0.25) is 0 Å². The third-order valence-electron chi connectivity index (χ3n) is 3.52. The second kappa shape index (κ2) is 10.0. The number of allylic oxidation sites excluding steroid dienone is 6. The summed E-state index contributed by atoms with van der Waals surface area (Å²) < 4.78 is 2.79. The molecule has 2 aliphatic carbocycles. The minimum atomic E-state index is 0.0310. The van der Waals surface area contributed by atoms with E-state index < -0.39 is 0 Å². The molecule has 0 fully saturated rings. The predicted molar refractivity (Wildman–Crippen MR) is 114 cm³/mol. The minimum absolute atomic E-state index is 0.0310. The van der Waals surface area contributed by atoms with Gasteiger partial charge in [-0.15, -0.1) is 11.6 Å². The molecule has 2 nitrogen and oxygen atoms in total. The number of nitrogens with one attached hydrogen (secondary N) is 2. The topological polar surface area (TPSA) is 24.1 Å². The number of halogens is 4. The molecule has 0 aromatic heterocycles. The quantitative estimate of drug-likeness (QED) is 0.262. The molecule has 0 heterocycles. The highest BCUT2D eigenvalue weighted by molar-refractivity contribution is 14.1. The van der Waals surface area contributed by atoms with Crippen molar-refractivity contribution in [2.45, 2.75) is 18.2 Å². The molecule has 0 spiro atoms. The van der Waals surface area contributed by atoms with Gasteiger partial charge < -0.3 is 10.6 Å². The Balaban J connectivity index is 1.57. The van der Waals surface area contributed by atoms with Gasteiger partial charge in [0.25, 0.3) is 0 Å². The van der Waals surface area contributed by atoms with Crippen LogP contribution in [-0.4, -0.2) is 31.6 Å². The fourth-order valence-electron chi connectivity index (χ4n) is 2.54. The van der Waals surface area contributed by atoms with Crippen LogP contribution in [0, 0.1) is 5.92 Å². The molecule has 2 N–H and O–H groups in total. The van der Waals surface area contributed by atoms with E-state index >= 15 is 0 Å². The highest BCUT2D eigenvalue weighted by Gasteiger charge is 2.13. The molecule has 122 valence electrons. The van der Waals surface area contributed by atoms with Crippen molar-refractivity contribution in [3.8, 4) is 0 Å². The molecular weight excluding hydrogens is 545 g/mol. The van der Waals surface area contributed by atoms with E-state index in [0.717, 1.165) is 44.1 Å². The summed E-state index contributed by atoms with van der Waals surface area (Å²) in [4.78, 5) is 0. The maximum atomic E-state index is 6.13. The Morgan fingerprint density at radius 2 is 1.86 bits per heavy atom. The molecule has 22 heavy (non-hydrogen) atoms. The lowest BCUT2D eigenvalue weighted by atomic mass is 10.0. The van der Waals surface area contributed by atoms with Crippen molar-refractivity contribution < 1.29 is 0 Å². The van der Waals surface area contributed by atoms with Crippen molar-refractivity contribution in [3.05, 3.63) is 42.1 Å². The van der Waals surface area contributed by atoms with Gasteiger partial charge in [-0.3, -0.25) is 0 Å². The Labute approximate surface area is 170 Å². The predicted octanol–water partition coefficient (Wildman–Crippen LogP) is 4.88. The molecule has 0 amide bonds. The normalized spacial score (nSPS) is 25.3. The van der Waals surface area contributed by atoms with Gasteiger partial charge in [0.2, 0.25) is 0 Å². The summed E-state index contributed by atoms with van der Waals surface area (Å²) in [6.45, 7) is 3.82. The van der Waals surface area contributed by atoms with Gasteiger partial charge in [0.1, 0.15) is 0 Å². The third-order valence-corrected chi connectivity index (χ3v) is 5.46. The largest absolute Gasteiger partial charge is 0.315 e. The highest BCUT2D eigenvalue weighted by atomic mass is 127. The van der Waals surface area contributed by atoms with Crippen LogP contribution in [0.15, 0.2) is 42.1 Å². The van der Waals surface area contributed by atoms with E-state index in [9.17, 15) is 0 Å². The lowest BCUT2D eigenvalue weighted by Gasteiger charge is -2.18. The van der Waals surface area contributed by atoms with Crippen LogP contribution >= 0.6 is 68.4 Å². The Kier molecular flexibility index (Phi) is 8.78. The fraction of sp³-hybridized carbons (Fsp3) is 0.500. The summed E-state index contributed by atoms with van der Waals surface area (Å²) >= 11 is 17.0. The number of hydrogen-bond donors (Lipinski definition) is 2. The Hall–Kier alpha value is 0.920. The van der Waals surface area contributed by atoms with Gasteiger partial charge in [-0.25, -0.2) is 0 Å². The molecule has 0 radical (unpaired) electrons. The minimum Gasteiger partial charge on any atom is -0.315 e. The molecule has 2 unspecified atom stereocenters. The summed E-state index contributed by atoms with van der Waals surface area (Å²) in [6.07, 6.45) is 10.6.